The van der Waals surface area contributed by atoms with Crippen molar-refractivity contribution in [3.63, 3.8) is 0 Å². The fraction of sp³-hybridized carbons (Fsp3) is 0.778. The molecule has 9 nitrogen and oxygen atoms in total. The Kier molecular flexibility index (Phi) is 5.51. The lowest BCUT2D eigenvalue weighted by Gasteiger charge is -2.16. The minimum absolute atomic E-state index is 0.0500. The van der Waals surface area contributed by atoms with Crippen LogP contribution in [0.4, 0.5) is 4.79 Å². The van der Waals surface area contributed by atoms with E-state index in [4.69, 9.17) is 9.84 Å². The molecule has 0 aliphatic carbocycles. The summed E-state index contributed by atoms with van der Waals surface area (Å²) in [4.78, 5) is 22.3. The first kappa shape index (κ1) is 15.7. The van der Waals surface area contributed by atoms with Crippen molar-refractivity contribution in [1.29, 1.82) is 0 Å². The summed E-state index contributed by atoms with van der Waals surface area (Å²) in [5.74, 6) is -2.08. The Bertz CT molecular complexity index is 437. The van der Waals surface area contributed by atoms with E-state index in [0.717, 1.165) is 0 Å². The van der Waals surface area contributed by atoms with Crippen LogP contribution >= 0.6 is 0 Å². The van der Waals surface area contributed by atoms with Gasteiger partial charge in [0.05, 0.1) is 25.0 Å². The van der Waals surface area contributed by atoms with Gasteiger partial charge in [0.15, 0.2) is 0 Å². The van der Waals surface area contributed by atoms with Gasteiger partial charge in [-0.05, 0) is 7.05 Å². The van der Waals surface area contributed by atoms with Crippen LogP contribution in [-0.4, -0.2) is 64.1 Å². The van der Waals surface area contributed by atoms with E-state index in [1.54, 1.807) is 0 Å². The van der Waals surface area contributed by atoms with Crippen molar-refractivity contribution >= 4 is 22.0 Å². The van der Waals surface area contributed by atoms with Crippen molar-refractivity contribution in [2.24, 2.45) is 5.92 Å². The minimum atomic E-state index is -3.38. The lowest BCUT2D eigenvalue weighted by Crippen LogP contribution is -2.48. The largest absolute Gasteiger partial charge is 0.481 e. The number of aliphatic carboxylic acids is 1. The number of rotatable bonds is 6. The van der Waals surface area contributed by atoms with Crippen LogP contribution < -0.4 is 15.4 Å². The number of hydrogen-bond acceptors (Lipinski definition) is 5. The number of carbonyl (C=O) groups excluding carboxylic acids is 1. The molecule has 0 bridgehead atoms. The average Bonchev–Trinajstić information content (AvgIpc) is 2.77. The van der Waals surface area contributed by atoms with E-state index < -0.39 is 34.0 Å². The lowest BCUT2D eigenvalue weighted by atomic mass is 10.0. The maximum atomic E-state index is 11.5. The number of ether oxygens (including phenoxy) is 1. The zero-order valence-electron chi connectivity index (χ0n) is 10.4. The van der Waals surface area contributed by atoms with Crippen LogP contribution in [0.15, 0.2) is 0 Å². The normalized spacial score (nSPS) is 23.0. The number of carboxylic acid groups (broad SMARTS) is 1. The predicted octanol–water partition coefficient (Wildman–Crippen LogP) is -2.07. The van der Waals surface area contributed by atoms with Gasteiger partial charge >= 0.3 is 12.0 Å². The molecule has 19 heavy (non-hydrogen) atoms. The van der Waals surface area contributed by atoms with Gasteiger partial charge in [-0.15, -0.1) is 0 Å². The summed E-state index contributed by atoms with van der Waals surface area (Å²) >= 11 is 0. The van der Waals surface area contributed by atoms with Gasteiger partial charge in [0.2, 0.25) is 10.0 Å². The number of urea groups is 1. The third kappa shape index (κ3) is 5.01. The summed E-state index contributed by atoms with van der Waals surface area (Å²) in [7, 11) is -2.10. The van der Waals surface area contributed by atoms with E-state index in [1.807, 2.05) is 0 Å². The SMILES string of the molecule is CNS(=O)(=O)CCNC(=O)NC1COCC1C(=O)O. The summed E-state index contributed by atoms with van der Waals surface area (Å²) in [6, 6.07) is -1.23. The van der Waals surface area contributed by atoms with Crippen LogP contribution in [0.25, 0.3) is 0 Å². The molecule has 2 unspecified atom stereocenters. The van der Waals surface area contributed by atoms with Crippen molar-refractivity contribution in [1.82, 2.24) is 15.4 Å². The molecule has 4 N–H and O–H groups in total. The van der Waals surface area contributed by atoms with Crippen LogP contribution in [0.2, 0.25) is 0 Å². The molecule has 1 fully saturated rings. The molecule has 1 rings (SSSR count). The fourth-order valence-electron chi connectivity index (χ4n) is 1.56. The number of nitrogens with one attached hydrogen (secondary N) is 3. The molecule has 0 saturated carbocycles. The van der Waals surface area contributed by atoms with E-state index in [-0.39, 0.29) is 25.5 Å². The molecule has 0 aromatic carbocycles. The van der Waals surface area contributed by atoms with Crippen molar-refractivity contribution in [2.75, 3.05) is 32.6 Å². The maximum Gasteiger partial charge on any atom is 0.315 e. The van der Waals surface area contributed by atoms with Gasteiger partial charge in [0, 0.05) is 6.54 Å². The van der Waals surface area contributed by atoms with Crippen LogP contribution in [0, 0.1) is 5.92 Å². The highest BCUT2D eigenvalue weighted by Crippen LogP contribution is 2.13. The molecular formula is C9H17N3O6S. The average molecular weight is 295 g/mol. The number of sulfonamides is 1. The minimum Gasteiger partial charge on any atom is -0.481 e. The standard InChI is InChI=1S/C9H17N3O6S/c1-10-19(16,17)3-2-11-9(15)12-7-5-18-4-6(7)8(13)14/h6-7,10H,2-5H2,1H3,(H,13,14)(H2,11,12,15). The van der Waals surface area contributed by atoms with E-state index in [1.165, 1.54) is 7.05 Å². The quantitative estimate of drug-likeness (QED) is 0.445. The van der Waals surface area contributed by atoms with Crippen molar-refractivity contribution in [2.45, 2.75) is 6.04 Å². The Balaban J connectivity index is 2.33. The van der Waals surface area contributed by atoms with Crippen molar-refractivity contribution < 1.29 is 27.9 Å². The van der Waals surface area contributed by atoms with Gasteiger partial charge in [-0.3, -0.25) is 4.79 Å². The Labute approximate surface area is 110 Å². The molecule has 2 atom stereocenters. The van der Waals surface area contributed by atoms with Gasteiger partial charge in [-0.2, -0.15) is 0 Å². The highest BCUT2D eigenvalue weighted by Gasteiger charge is 2.34. The molecule has 0 radical (unpaired) electrons. The highest BCUT2D eigenvalue weighted by molar-refractivity contribution is 7.89. The number of amides is 2. The van der Waals surface area contributed by atoms with Crippen LogP contribution in [-0.2, 0) is 19.6 Å². The number of hydrogen-bond donors (Lipinski definition) is 4. The first-order valence-electron chi connectivity index (χ1n) is 5.62. The Morgan fingerprint density at radius 1 is 1.37 bits per heavy atom. The second-order valence-electron chi connectivity index (χ2n) is 4.01. The van der Waals surface area contributed by atoms with Crippen LogP contribution in [0.3, 0.4) is 0 Å². The van der Waals surface area contributed by atoms with Crippen molar-refractivity contribution in [3.05, 3.63) is 0 Å². The summed E-state index contributed by atoms with van der Waals surface area (Å²) in [5, 5.41) is 13.7. The van der Waals surface area contributed by atoms with Gasteiger partial charge in [-0.25, -0.2) is 17.9 Å². The molecule has 0 aromatic rings. The van der Waals surface area contributed by atoms with E-state index in [0.29, 0.717) is 0 Å². The van der Waals surface area contributed by atoms with Gasteiger partial charge < -0.3 is 20.5 Å². The summed E-state index contributed by atoms with van der Waals surface area (Å²) in [5.41, 5.74) is 0. The summed E-state index contributed by atoms with van der Waals surface area (Å²) < 4.78 is 29.3. The predicted molar refractivity (Wildman–Crippen MR) is 65.1 cm³/mol. The molecular weight excluding hydrogens is 278 g/mol. The molecule has 1 heterocycles. The zero-order valence-corrected chi connectivity index (χ0v) is 11.2. The monoisotopic (exact) mass is 295 g/mol. The Hall–Kier alpha value is -1.39. The molecule has 110 valence electrons. The third-order valence-corrected chi connectivity index (χ3v) is 4.05. The van der Waals surface area contributed by atoms with E-state index >= 15 is 0 Å². The first-order chi connectivity index (χ1) is 8.85. The topological polar surface area (TPSA) is 134 Å². The van der Waals surface area contributed by atoms with Crippen LogP contribution in [0.1, 0.15) is 0 Å². The first-order valence-corrected chi connectivity index (χ1v) is 7.27. The number of carboxylic acids is 1. The lowest BCUT2D eigenvalue weighted by molar-refractivity contribution is -0.142. The highest BCUT2D eigenvalue weighted by atomic mass is 32.2. The summed E-state index contributed by atoms with van der Waals surface area (Å²) in [6.07, 6.45) is 0. The second-order valence-corrected chi connectivity index (χ2v) is 6.06. The molecule has 2 amide bonds. The fourth-order valence-corrected chi connectivity index (χ4v) is 2.14. The number of carbonyl (C=O) groups is 2. The maximum absolute atomic E-state index is 11.5. The third-order valence-electron chi connectivity index (χ3n) is 2.68. The Morgan fingerprint density at radius 3 is 2.63 bits per heavy atom. The van der Waals surface area contributed by atoms with E-state index in [2.05, 4.69) is 15.4 Å². The molecule has 10 heteroatoms. The summed E-state index contributed by atoms with van der Waals surface area (Å²) in [6.45, 7) is 0.105. The van der Waals surface area contributed by atoms with Gasteiger partial charge in [-0.1, -0.05) is 0 Å². The van der Waals surface area contributed by atoms with Gasteiger partial charge in [0.25, 0.3) is 0 Å². The van der Waals surface area contributed by atoms with E-state index in [9.17, 15) is 18.0 Å². The molecule has 0 spiro atoms. The van der Waals surface area contributed by atoms with Crippen LogP contribution in [0.5, 0.6) is 0 Å². The molecule has 1 aliphatic heterocycles. The Morgan fingerprint density at radius 2 is 2.05 bits per heavy atom. The van der Waals surface area contributed by atoms with Gasteiger partial charge in [0.1, 0.15) is 5.92 Å². The smallest absolute Gasteiger partial charge is 0.315 e. The zero-order chi connectivity index (χ0) is 14.5. The molecule has 1 saturated heterocycles. The molecule has 0 aromatic heterocycles. The molecule has 1 aliphatic rings. The second kappa shape index (κ2) is 6.68. The van der Waals surface area contributed by atoms with Crippen molar-refractivity contribution in [3.8, 4) is 0 Å².